The normalized spacial score (nSPS) is 15.2. The summed E-state index contributed by atoms with van der Waals surface area (Å²) in [5.74, 6) is 1.08. The quantitative estimate of drug-likeness (QED) is 0.421. The number of aryl methyl sites for hydroxylation is 2. The van der Waals surface area contributed by atoms with E-state index >= 15 is 0 Å². The molecule has 6 heteroatoms. The van der Waals surface area contributed by atoms with Crippen molar-refractivity contribution >= 4 is 39.5 Å². The number of hydrogen-bond acceptors (Lipinski definition) is 3. The maximum Gasteiger partial charge on any atom is 0.242 e. The Hall–Kier alpha value is -1.79. The zero-order chi connectivity index (χ0) is 23.8. The molecule has 3 rings (SSSR count). The van der Waals surface area contributed by atoms with Gasteiger partial charge in [-0.2, -0.15) is 0 Å². The van der Waals surface area contributed by atoms with Gasteiger partial charge in [-0.1, -0.05) is 76.7 Å². The number of thioether (sulfide) groups is 1. The SMILES string of the molecule is Cc1cc(C)cc(CSCC(=O)N(Cc2ccc(Br)cc2)C(C)C(=O)NC2CCCCC2)c1. The highest BCUT2D eigenvalue weighted by Crippen LogP contribution is 2.20. The Bertz CT molecular complexity index is 921. The van der Waals surface area contributed by atoms with E-state index in [9.17, 15) is 9.59 Å². The minimum atomic E-state index is -0.509. The van der Waals surface area contributed by atoms with E-state index in [0.717, 1.165) is 41.5 Å². The molecule has 1 aliphatic rings. The van der Waals surface area contributed by atoms with E-state index in [1.54, 1.807) is 16.7 Å². The highest BCUT2D eigenvalue weighted by Gasteiger charge is 2.28. The molecule has 1 saturated carbocycles. The number of carbonyl (C=O) groups excluding carboxylic acids is 2. The first-order chi connectivity index (χ1) is 15.8. The van der Waals surface area contributed by atoms with Crippen molar-refractivity contribution in [3.05, 3.63) is 69.2 Å². The molecule has 33 heavy (non-hydrogen) atoms. The molecule has 0 spiro atoms. The van der Waals surface area contributed by atoms with Crippen LogP contribution in [0.25, 0.3) is 0 Å². The Balaban J connectivity index is 1.65. The zero-order valence-electron chi connectivity index (χ0n) is 19.9. The van der Waals surface area contributed by atoms with E-state index < -0.39 is 6.04 Å². The Morgan fingerprint density at radius 2 is 1.67 bits per heavy atom. The molecule has 0 bridgehead atoms. The lowest BCUT2D eigenvalue weighted by molar-refractivity contribution is -0.139. The van der Waals surface area contributed by atoms with Gasteiger partial charge in [0.25, 0.3) is 0 Å². The predicted octanol–water partition coefficient (Wildman–Crippen LogP) is 6.17. The maximum atomic E-state index is 13.3. The first-order valence-electron chi connectivity index (χ1n) is 11.8. The van der Waals surface area contributed by atoms with E-state index in [2.05, 4.69) is 53.3 Å². The first kappa shape index (κ1) is 25.8. The highest BCUT2D eigenvalue weighted by molar-refractivity contribution is 9.10. The second kappa shape index (κ2) is 12.6. The predicted molar refractivity (Wildman–Crippen MR) is 141 cm³/mol. The average molecular weight is 532 g/mol. The van der Waals surface area contributed by atoms with Gasteiger partial charge in [-0.25, -0.2) is 0 Å². The second-order valence-electron chi connectivity index (χ2n) is 9.16. The second-order valence-corrected chi connectivity index (χ2v) is 11.1. The topological polar surface area (TPSA) is 49.4 Å². The summed E-state index contributed by atoms with van der Waals surface area (Å²) < 4.78 is 0.997. The zero-order valence-corrected chi connectivity index (χ0v) is 22.3. The van der Waals surface area contributed by atoms with Gasteiger partial charge in [0.15, 0.2) is 0 Å². The fourth-order valence-corrected chi connectivity index (χ4v) is 5.54. The Kier molecular flexibility index (Phi) is 9.87. The van der Waals surface area contributed by atoms with Crippen molar-refractivity contribution in [2.75, 3.05) is 5.75 Å². The van der Waals surface area contributed by atoms with Crippen LogP contribution in [-0.2, 0) is 21.9 Å². The summed E-state index contributed by atoms with van der Waals surface area (Å²) in [6.45, 7) is 6.47. The number of benzene rings is 2. The van der Waals surface area contributed by atoms with E-state index in [4.69, 9.17) is 0 Å². The van der Waals surface area contributed by atoms with Crippen molar-refractivity contribution < 1.29 is 9.59 Å². The van der Waals surface area contributed by atoms with Crippen molar-refractivity contribution in [3.63, 3.8) is 0 Å². The molecule has 0 heterocycles. The molecule has 0 saturated heterocycles. The molecule has 2 aromatic carbocycles. The fourth-order valence-electron chi connectivity index (χ4n) is 4.43. The molecule has 2 aromatic rings. The summed E-state index contributed by atoms with van der Waals surface area (Å²) in [4.78, 5) is 28.1. The number of rotatable bonds is 9. The lowest BCUT2D eigenvalue weighted by Gasteiger charge is -2.31. The molecule has 1 fully saturated rings. The summed E-state index contributed by atoms with van der Waals surface area (Å²) in [5.41, 5.74) is 4.72. The smallest absolute Gasteiger partial charge is 0.242 e. The molecule has 0 radical (unpaired) electrons. The van der Waals surface area contributed by atoms with Crippen LogP contribution in [0, 0.1) is 13.8 Å². The van der Waals surface area contributed by atoms with Gasteiger partial charge >= 0.3 is 0 Å². The lowest BCUT2D eigenvalue weighted by Crippen LogP contribution is -2.50. The Morgan fingerprint density at radius 3 is 2.30 bits per heavy atom. The Labute approximate surface area is 211 Å². The van der Waals surface area contributed by atoms with Gasteiger partial charge in [-0.05, 0) is 56.9 Å². The lowest BCUT2D eigenvalue weighted by atomic mass is 9.95. The molecule has 1 aliphatic carbocycles. The molecular formula is C27H35BrN2O2S. The van der Waals surface area contributed by atoms with Crippen LogP contribution in [0.3, 0.4) is 0 Å². The molecule has 0 aromatic heterocycles. The van der Waals surface area contributed by atoms with Crippen LogP contribution >= 0.6 is 27.7 Å². The van der Waals surface area contributed by atoms with Gasteiger partial charge in [0.1, 0.15) is 6.04 Å². The third kappa shape index (κ3) is 8.18. The number of nitrogens with zero attached hydrogens (tertiary/aromatic N) is 1. The summed E-state index contributed by atoms with van der Waals surface area (Å²) in [7, 11) is 0. The standard InChI is InChI=1S/C27H35BrN2O2S/c1-19-13-20(2)15-23(14-19)17-33-18-26(31)30(16-22-9-11-24(28)12-10-22)21(3)27(32)29-25-7-5-4-6-8-25/h9-15,21,25H,4-8,16-18H2,1-3H3,(H,29,32). The minimum Gasteiger partial charge on any atom is -0.352 e. The molecular weight excluding hydrogens is 496 g/mol. The third-order valence-electron chi connectivity index (χ3n) is 6.16. The number of hydrogen-bond donors (Lipinski definition) is 1. The molecule has 1 atom stereocenters. The van der Waals surface area contributed by atoms with Crippen LogP contribution in [-0.4, -0.2) is 34.6 Å². The van der Waals surface area contributed by atoms with Crippen molar-refractivity contribution in [1.29, 1.82) is 0 Å². The molecule has 178 valence electrons. The van der Waals surface area contributed by atoms with Gasteiger partial charge in [0.05, 0.1) is 5.75 Å². The average Bonchev–Trinajstić information content (AvgIpc) is 2.78. The summed E-state index contributed by atoms with van der Waals surface area (Å²) in [6.07, 6.45) is 5.63. The van der Waals surface area contributed by atoms with Crippen LogP contribution in [0.4, 0.5) is 0 Å². The van der Waals surface area contributed by atoms with E-state index in [-0.39, 0.29) is 17.9 Å². The fraction of sp³-hybridized carbons (Fsp3) is 0.481. The van der Waals surface area contributed by atoms with Crippen molar-refractivity contribution in [3.8, 4) is 0 Å². The van der Waals surface area contributed by atoms with Crippen LogP contribution < -0.4 is 5.32 Å². The summed E-state index contributed by atoms with van der Waals surface area (Å²) in [5, 5.41) is 3.20. The van der Waals surface area contributed by atoms with Crippen molar-refractivity contribution in [2.45, 2.75) is 77.3 Å². The van der Waals surface area contributed by atoms with Gasteiger partial charge in [-0.3, -0.25) is 9.59 Å². The Morgan fingerprint density at radius 1 is 1.03 bits per heavy atom. The van der Waals surface area contributed by atoms with Gasteiger partial charge in [0, 0.05) is 22.8 Å². The van der Waals surface area contributed by atoms with Crippen molar-refractivity contribution in [1.82, 2.24) is 10.2 Å². The first-order valence-corrected chi connectivity index (χ1v) is 13.8. The number of halogens is 1. The van der Waals surface area contributed by atoms with Crippen LogP contribution in [0.2, 0.25) is 0 Å². The molecule has 1 N–H and O–H groups in total. The van der Waals surface area contributed by atoms with E-state index in [1.807, 2.05) is 31.2 Å². The number of amides is 2. The van der Waals surface area contributed by atoms with Gasteiger partial charge in [0.2, 0.25) is 11.8 Å². The molecule has 1 unspecified atom stereocenters. The highest BCUT2D eigenvalue weighted by atomic mass is 79.9. The van der Waals surface area contributed by atoms with Crippen LogP contribution in [0.5, 0.6) is 0 Å². The molecule has 4 nitrogen and oxygen atoms in total. The monoisotopic (exact) mass is 530 g/mol. The van der Waals surface area contributed by atoms with Gasteiger partial charge < -0.3 is 10.2 Å². The summed E-state index contributed by atoms with van der Waals surface area (Å²) >= 11 is 5.07. The van der Waals surface area contributed by atoms with Gasteiger partial charge in [-0.15, -0.1) is 11.8 Å². The summed E-state index contributed by atoms with van der Waals surface area (Å²) in [6, 6.07) is 14.2. The minimum absolute atomic E-state index is 0.00131. The van der Waals surface area contributed by atoms with Crippen LogP contribution in [0.1, 0.15) is 61.3 Å². The van der Waals surface area contributed by atoms with Crippen LogP contribution in [0.15, 0.2) is 46.9 Å². The van der Waals surface area contributed by atoms with E-state index in [1.165, 1.54) is 23.1 Å². The molecule has 0 aliphatic heterocycles. The number of carbonyl (C=O) groups is 2. The molecule has 2 amide bonds. The van der Waals surface area contributed by atoms with E-state index in [0.29, 0.717) is 12.3 Å². The van der Waals surface area contributed by atoms with Crippen molar-refractivity contribution in [2.24, 2.45) is 0 Å². The third-order valence-corrected chi connectivity index (χ3v) is 7.68. The maximum absolute atomic E-state index is 13.3. The number of nitrogens with one attached hydrogen (secondary N) is 1. The largest absolute Gasteiger partial charge is 0.352 e.